The zero-order valence-electron chi connectivity index (χ0n) is 12.4. The summed E-state index contributed by atoms with van der Waals surface area (Å²) in [6, 6.07) is 9.51. The van der Waals surface area contributed by atoms with Gasteiger partial charge >= 0.3 is 0 Å². The van der Waals surface area contributed by atoms with Crippen molar-refractivity contribution in [2.75, 3.05) is 6.61 Å². The van der Waals surface area contributed by atoms with Gasteiger partial charge in [-0.3, -0.25) is 0 Å². The molecule has 1 atom stereocenters. The molecule has 0 amide bonds. The second kappa shape index (κ2) is 6.92. The summed E-state index contributed by atoms with van der Waals surface area (Å²) in [7, 11) is 0. The summed E-state index contributed by atoms with van der Waals surface area (Å²) in [6.07, 6.45) is 2.20. The molecule has 0 aliphatic carbocycles. The zero-order valence-corrected chi connectivity index (χ0v) is 12.4. The first-order chi connectivity index (χ1) is 10.2. The summed E-state index contributed by atoms with van der Waals surface area (Å²) in [5.41, 5.74) is 7.07. The minimum atomic E-state index is 0.00592. The van der Waals surface area contributed by atoms with Gasteiger partial charge in [-0.25, -0.2) is 4.98 Å². The second-order valence-corrected chi connectivity index (χ2v) is 5.22. The number of para-hydroxylation sites is 1. The Balaban J connectivity index is 2.35. The fourth-order valence-electron chi connectivity index (χ4n) is 2.24. The van der Waals surface area contributed by atoms with Crippen molar-refractivity contribution in [3.63, 3.8) is 0 Å². The maximum Gasteiger partial charge on any atom is 0.225 e. The Bertz CT molecular complexity index is 640. The summed E-state index contributed by atoms with van der Waals surface area (Å²) in [5, 5.41) is 12.9. The van der Waals surface area contributed by atoms with Crippen molar-refractivity contribution < 1.29 is 9.94 Å². The SMILES string of the molecule is CCCC(C)COc1nc2ccccc2cc1/C(N)=N/O. The quantitative estimate of drug-likeness (QED) is 0.370. The van der Waals surface area contributed by atoms with Crippen LogP contribution < -0.4 is 10.5 Å². The molecule has 1 aromatic carbocycles. The topological polar surface area (TPSA) is 80.7 Å². The maximum absolute atomic E-state index is 8.93. The number of rotatable bonds is 6. The first-order valence-electron chi connectivity index (χ1n) is 7.16. The van der Waals surface area contributed by atoms with E-state index >= 15 is 0 Å². The highest BCUT2D eigenvalue weighted by molar-refractivity contribution is 6.02. The third-order valence-electron chi connectivity index (χ3n) is 3.36. The summed E-state index contributed by atoms with van der Waals surface area (Å²) in [5.74, 6) is 0.849. The highest BCUT2D eigenvalue weighted by Gasteiger charge is 2.13. The van der Waals surface area contributed by atoms with Crippen molar-refractivity contribution in [1.29, 1.82) is 0 Å². The largest absolute Gasteiger partial charge is 0.477 e. The monoisotopic (exact) mass is 287 g/mol. The average molecular weight is 287 g/mol. The number of benzene rings is 1. The lowest BCUT2D eigenvalue weighted by molar-refractivity contribution is 0.243. The van der Waals surface area contributed by atoms with Crippen LogP contribution in [0.3, 0.4) is 0 Å². The Hall–Kier alpha value is -2.30. The standard InChI is InChI=1S/C16H21N3O2/c1-3-6-11(2)10-21-16-13(15(17)19-20)9-12-7-4-5-8-14(12)18-16/h4-5,7-9,11,20H,3,6,10H2,1-2H3,(H2,17,19). The molecule has 5 heteroatoms. The fourth-order valence-corrected chi connectivity index (χ4v) is 2.24. The van der Waals surface area contributed by atoms with Gasteiger partial charge in [0.1, 0.15) is 0 Å². The smallest absolute Gasteiger partial charge is 0.225 e. The third kappa shape index (κ3) is 3.62. The zero-order chi connectivity index (χ0) is 15.2. The van der Waals surface area contributed by atoms with Crippen LogP contribution >= 0.6 is 0 Å². The molecule has 2 aromatic rings. The van der Waals surface area contributed by atoms with E-state index in [0.29, 0.717) is 24.0 Å². The number of nitrogens with two attached hydrogens (primary N) is 1. The molecule has 0 spiro atoms. The Morgan fingerprint density at radius 1 is 1.43 bits per heavy atom. The molecule has 2 rings (SSSR count). The number of pyridine rings is 1. The number of oxime groups is 1. The minimum Gasteiger partial charge on any atom is -0.477 e. The molecule has 3 N–H and O–H groups in total. The number of hydrogen-bond acceptors (Lipinski definition) is 4. The lowest BCUT2D eigenvalue weighted by Crippen LogP contribution is -2.17. The first-order valence-corrected chi connectivity index (χ1v) is 7.16. The molecule has 5 nitrogen and oxygen atoms in total. The second-order valence-electron chi connectivity index (χ2n) is 5.22. The molecule has 0 aliphatic heterocycles. The highest BCUT2D eigenvalue weighted by Crippen LogP contribution is 2.23. The summed E-state index contributed by atoms with van der Waals surface area (Å²) in [6.45, 7) is 4.84. The normalized spacial score (nSPS) is 13.3. The van der Waals surface area contributed by atoms with Crippen molar-refractivity contribution in [2.24, 2.45) is 16.8 Å². The van der Waals surface area contributed by atoms with E-state index in [-0.39, 0.29) is 5.84 Å². The van der Waals surface area contributed by atoms with Crippen LogP contribution in [0.15, 0.2) is 35.5 Å². The van der Waals surface area contributed by atoms with Gasteiger partial charge in [0, 0.05) is 5.39 Å². The Kier molecular flexibility index (Phi) is 4.98. The van der Waals surface area contributed by atoms with E-state index in [4.69, 9.17) is 15.7 Å². The maximum atomic E-state index is 8.93. The lowest BCUT2D eigenvalue weighted by Gasteiger charge is -2.14. The third-order valence-corrected chi connectivity index (χ3v) is 3.36. The van der Waals surface area contributed by atoms with E-state index < -0.39 is 0 Å². The minimum absolute atomic E-state index is 0.00592. The predicted molar refractivity (Wildman–Crippen MR) is 83.8 cm³/mol. The highest BCUT2D eigenvalue weighted by atomic mass is 16.5. The van der Waals surface area contributed by atoms with Gasteiger partial charge in [-0.1, -0.05) is 43.6 Å². The number of aromatic nitrogens is 1. The van der Waals surface area contributed by atoms with Crippen LogP contribution in [0.1, 0.15) is 32.3 Å². The fraction of sp³-hybridized carbons (Fsp3) is 0.375. The summed E-state index contributed by atoms with van der Waals surface area (Å²) < 4.78 is 5.80. The molecule has 0 saturated carbocycles. The molecule has 21 heavy (non-hydrogen) atoms. The van der Waals surface area contributed by atoms with E-state index in [9.17, 15) is 0 Å². The van der Waals surface area contributed by atoms with E-state index in [0.717, 1.165) is 23.7 Å². The number of hydrogen-bond donors (Lipinski definition) is 2. The lowest BCUT2D eigenvalue weighted by atomic mass is 10.1. The van der Waals surface area contributed by atoms with Gasteiger partial charge in [-0.15, -0.1) is 0 Å². The van der Waals surface area contributed by atoms with Gasteiger partial charge in [0.15, 0.2) is 5.84 Å². The average Bonchev–Trinajstić information content (AvgIpc) is 2.51. The van der Waals surface area contributed by atoms with Crippen LogP contribution in [-0.4, -0.2) is 22.6 Å². The van der Waals surface area contributed by atoms with E-state index in [1.807, 2.05) is 30.3 Å². The molecule has 0 radical (unpaired) electrons. The van der Waals surface area contributed by atoms with Crippen molar-refractivity contribution in [2.45, 2.75) is 26.7 Å². The van der Waals surface area contributed by atoms with Crippen molar-refractivity contribution in [3.8, 4) is 5.88 Å². The molecule has 0 bridgehead atoms. The molecule has 0 saturated heterocycles. The molecular weight excluding hydrogens is 266 g/mol. The van der Waals surface area contributed by atoms with Crippen molar-refractivity contribution in [1.82, 2.24) is 4.98 Å². The molecule has 0 aliphatic rings. The van der Waals surface area contributed by atoms with Gasteiger partial charge < -0.3 is 15.7 Å². The Labute approximate surface area is 124 Å². The van der Waals surface area contributed by atoms with Crippen LogP contribution in [0.4, 0.5) is 0 Å². The van der Waals surface area contributed by atoms with Crippen LogP contribution in [0.5, 0.6) is 5.88 Å². The van der Waals surface area contributed by atoms with Gasteiger partial charge in [0.05, 0.1) is 17.7 Å². The van der Waals surface area contributed by atoms with E-state index in [2.05, 4.69) is 24.0 Å². The van der Waals surface area contributed by atoms with Crippen LogP contribution in [-0.2, 0) is 0 Å². The van der Waals surface area contributed by atoms with Gasteiger partial charge in [-0.2, -0.15) is 0 Å². The summed E-state index contributed by atoms with van der Waals surface area (Å²) >= 11 is 0. The number of amidine groups is 1. The molecule has 0 fully saturated rings. The number of fused-ring (bicyclic) bond motifs is 1. The van der Waals surface area contributed by atoms with Crippen molar-refractivity contribution >= 4 is 16.7 Å². The van der Waals surface area contributed by atoms with E-state index in [1.165, 1.54) is 0 Å². The molecule has 1 aromatic heterocycles. The van der Waals surface area contributed by atoms with Crippen LogP contribution in [0.2, 0.25) is 0 Å². The molecule has 1 heterocycles. The van der Waals surface area contributed by atoms with Gasteiger partial charge in [0.2, 0.25) is 5.88 Å². The van der Waals surface area contributed by atoms with E-state index in [1.54, 1.807) is 0 Å². The van der Waals surface area contributed by atoms with Crippen LogP contribution in [0.25, 0.3) is 10.9 Å². The van der Waals surface area contributed by atoms with Crippen LogP contribution in [0, 0.1) is 5.92 Å². The van der Waals surface area contributed by atoms with Gasteiger partial charge in [-0.05, 0) is 24.5 Å². The summed E-state index contributed by atoms with van der Waals surface area (Å²) in [4.78, 5) is 4.48. The molecule has 1 unspecified atom stereocenters. The Morgan fingerprint density at radius 2 is 2.19 bits per heavy atom. The molecule has 112 valence electrons. The van der Waals surface area contributed by atoms with Crippen molar-refractivity contribution in [3.05, 3.63) is 35.9 Å². The first kappa shape index (κ1) is 15.1. The Morgan fingerprint density at radius 3 is 2.90 bits per heavy atom. The number of nitrogens with zero attached hydrogens (tertiary/aromatic N) is 2. The molecular formula is C16H21N3O2. The van der Waals surface area contributed by atoms with Gasteiger partial charge in [0.25, 0.3) is 0 Å². The predicted octanol–water partition coefficient (Wildman–Crippen LogP) is 3.14. The number of ether oxygens (including phenoxy) is 1.